The molecule has 1 aromatic rings. The van der Waals surface area contributed by atoms with Gasteiger partial charge in [0.05, 0.1) is 6.20 Å². The second kappa shape index (κ2) is 4.77. The minimum Gasteiger partial charge on any atom is -0.372 e. The first-order valence-corrected chi connectivity index (χ1v) is 5.57. The molecule has 0 saturated carbocycles. The number of rotatable bonds is 3. The van der Waals surface area contributed by atoms with Crippen LogP contribution in [-0.4, -0.2) is 30.1 Å². The Labute approximate surface area is 94.5 Å². The molecule has 5 heteroatoms. The van der Waals surface area contributed by atoms with E-state index in [9.17, 15) is 0 Å². The van der Waals surface area contributed by atoms with Gasteiger partial charge < -0.3 is 10.6 Å². The van der Waals surface area contributed by atoms with E-state index in [0.717, 1.165) is 25.3 Å². The highest BCUT2D eigenvalue weighted by atomic mass is 35.5. The van der Waals surface area contributed by atoms with Crippen molar-refractivity contribution in [2.75, 3.05) is 25.5 Å². The summed E-state index contributed by atoms with van der Waals surface area (Å²) in [6.45, 7) is 2.18. The highest BCUT2D eigenvalue weighted by Crippen LogP contribution is 2.19. The molecule has 82 valence electrons. The monoisotopic (exact) mass is 226 g/mol. The van der Waals surface area contributed by atoms with Crippen LogP contribution in [0.15, 0.2) is 6.20 Å². The Morgan fingerprint density at radius 2 is 2.53 bits per heavy atom. The summed E-state index contributed by atoms with van der Waals surface area (Å²) in [4.78, 5) is 8.61. The molecule has 2 rings (SSSR count). The molecular formula is C10H15ClN4. The van der Waals surface area contributed by atoms with Gasteiger partial charge in [-0.25, -0.2) is 9.97 Å². The van der Waals surface area contributed by atoms with Gasteiger partial charge in [-0.1, -0.05) is 11.6 Å². The molecule has 1 atom stereocenters. The van der Waals surface area contributed by atoms with Crippen LogP contribution in [0.1, 0.15) is 12.2 Å². The fraction of sp³-hybridized carbons (Fsp3) is 0.600. The number of nitrogens with zero attached hydrogens (tertiary/aromatic N) is 2. The normalized spacial score (nSPS) is 20.5. The van der Waals surface area contributed by atoms with E-state index in [1.54, 1.807) is 6.20 Å². The zero-order valence-electron chi connectivity index (χ0n) is 8.76. The van der Waals surface area contributed by atoms with Crippen LogP contribution < -0.4 is 10.6 Å². The molecule has 1 aliphatic heterocycles. The van der Waals surface area contributed by atoms with Gasteiger partial charge in [-0.3, -0.25) is 0 Å². The Balaban J connectivity index is 2.07. The molecule has 1 saturated heterocycles. The summed E-state index contributed by atoms with van der Waals surface area (Å²) in [5, 5.41) is 6.87. The van der Waals surface area contributed by atoms with Crippen LogP contribution in [0.3, 0.4) is 0 Å². The van der Waals surface area contributed by atoms with Gasteiger partial charge in [0.1, 0.15) is 16.7 Å². The van der Waals surface area contributed by atoms with Crippen molar-refractivity contribution in [1.82, 2.24) is 15.3 Å². The SMILES string of the molecule is CNc1nc(C[C@@H]2CCNC2)ncc1Cl. The lowest BCUT2D eigenvalue weighted by molar-refractivity contribution is 0.562. The molecule has 1 aromatic heterocycles. The first-order valence-electron chi connectivity index (χ1n) is 5.19. The minimum atomic E-state index is 0.575. The van der Waals surface area contributed by atoms with Crippen LogP contribution in [-0.2, 0) is 6.42 Å². The third-order valence-corrected chi connectivity index (χ3v) is 2.94. The fourth-order valence-corrected chi connectivity index (χ4v) is 2.01. The maximum Gasteiger partial charge on any atom is 0.148 e. The Bertz CT molecular complexity index is 336. The van der Waals surface area contributed by atoms with Crippen LogP contribution in [0.25, 0.3) is 0 Å². The van der Waals surface area contributed by atoms with E-state index < -0.39 is 0 Å². The zero-order valence-corrected chi connectivity index (χ0v) is 9.51. The number of nitrogens with one attached hydrogen (secondary N) is 2. The van der Waals surface area contributed by atoms with Gasteiger partial charge in [0.2, 0.25) is 0 Å². The molecule has 2 heterocycles. The highest BCUT2D eigenvalue weighted by Gasteiger charge is 2.16. The first kappa shape index (κ1) is 10.6. The van der Waals surface area contributed by atoms with Crippen LogP contribution in [0.2, 0.25) is 5.02 Å². The predicted octanol–water partition coefficient (Wildman–Crippen LogP) is 1.32. The maximum absolute atomic E-state index is 5.91. The molecule has 0 unspecified atom stereocenters. The molecule has 0 aliphatic carbocycles. The van der Waals surface area contributed by atoms with Gasteiger partial charge in [0.25, 0.3) is 0 Å². The predicted molar refractivity (Wildman–Crippen MR) is 61.3 cm³/mol. The van der Waals surface area contributed by atoms with Crippen molar-refractivity contribution in [3.8, 4) is 0 Å². The van der Waals surface area contributed by atoms with Crippen LogP contribution in [0.4, 0.5) is 5.82 Å². The van der Waals surface area contributed by atoms with Crippen LogP contribution in [0, 0.1) is 5.92 Å². The van der Waals surface area contributed by atoms with Gasteiger partial charge in [0.15, 0.2) is 0 Å². The Kier molecular flexibility index (Phi) is 3.38. The average molecular weight is 227 g/mol. The number of halogens is 1. The molecular weight excluding hydrogens is 212 g/mol. The van der Waals surface area contributed by atoms with Crippen molar-refractivity contribution in [1.29, 1.82) is 0 Å². The lowest BCUT2D eigenvalue weighted by Crippen LogP contribution is -2.12. The Morgan fingerprint density at radius 1 is 1.67 bits per heavy atom. The molecule has 1 fully saturated rings. The minimum absolute atomic E-state index is 0.575. The Morgan fingerprint density at radius 3 is 3.20 bits per heavy atom. The van der Waals surface area contributed by atoms with Crippen molar-refractivity contribution in [3.05, 3.63) is 17.0 Å². The number of hydrogen-bond donors (Lipinski definition) is 2. The van der Waals surface area contributed by atoms with Crippen LogP contribution in [0.5, 0.6) is 0 Å². The molecule has 0 radical (unpaired) electrons. The van der Waals surface area contributed by atoms with Gasteiger partial charge in [-0.05, 0) is 25.4 Å². The highest BCUT2D eigenvalue weighted by molar-refractivity contribution is 6.32. The van der Waals surface area contributed by atoms with E-state index >= 15 is 0 Å². The Hall–Kier alpha value is -0.870. The largest absolute Gasteiger partial charge is 0.372 e. The van der Waals surface area contributed by atoms with Gasteiger partial charge in [-0.15, -0.1) is 0 Å². The molecule has 15 heavy (non-hydrogen) atoms. The zero-order chi connectivity index (χ0) is 10.7. The van der Waals surface area contributed by atoms with Crippen molar-refractivity contribution in [2.24, 2.45) is 5.92 Å². The van der Waals surface area contributed by atoms with Crippen molar-refractivity contribution in [3.63, 3.8) is 0 Å². The molecule has 0 amide bonds. The topological polar surface area (TPSA) is 49.8 Å². The second-order valence-corrected chi connectivity index (χ2v) is 4.20. The smallest absolute Gasteiger partial charge is 0.148 e. The number of aromatic nitrogens is 2. The quantitative estimate of drug-likeness (QED) is 0.817. The molecule has 4 nitrogen and oxygen atoms in total. The summed E-state index contributed by atoms with van der Waals surface area (Å²) in [6.07, 6.45) is 3.80. The fourth-order valence-electron chi connectivity index (χ4n) is 1.82. The van der Waals surface area contributed by atoms with E-state index in [-0.39, 0.29) is 0 Å². The maximum atomic E-state index is 5.91. The number of anilines is 1. The van der Waals surface area contributed by atoms with Gasteiger partial charge >= 0.3 is 0 Å². The van der Waals surface area contributed by atoms with Gasteiger partial charge in [0, 0.05) is 13.5 Å². The first-order chi connectivity index (χ1) is 7.29. The van der Waals surface area contributed by atoms with Crippen molar-refractivity contribution < 1.29 is 0 Å². The molecule has 0 aromatic carbocycles. The van der Waals surface area contributed by atoms with E-state index in [4.69, 9.17) is 11.6 Å². The van der Waals surface area contributed by atoms with Crippen molar-refractivity contribution >= 4 is 17.4 Å². The molecule has 1 aliphatic rings. The molecule has 0 spiro atoms. The summed E-state index contributed by atoms with van der Waals surface area (Å²) in [7, 11) is 1.81. The third kappa shape index (κ3) is 2.58. The van der Waals surface area contributed by atoms with Crippen molar-refractivity contribution in [2.45, 2.75) is 12.8 Å². The summed E-state index contributed by atoms with van der Waals surface area (Å²) < 4.78 is 0. The second-order valence-electron chi connectivity index (χ2n) is 3.80. The lowest BCUT2D eigenvalue weighted by atomic mass is 10.0. The number of hydrogen-bond acceptors (Lipinski definition) is 4. The molecule has 2 N–H and O–H groups in total. The summed E-state index contributed by atoms with van der Waals surface area (Å²) in [5.41, 5.74) is 0. The van der Waals surface area contributed by atoms with Crippen LogP contribution >= 0.6 is 11.6 Å². The van der Waals surface area contributed by atoms with Gasteiger partial charge in [-0.2, -0.15) is 0 Å². The lowest BCUT2D eigenvalue weighted by Gasteiger charge is -2.08. The summed E-state index contributed by atoms with van der Waals surface area (Å²) in [6, 6.07) is 0. The van der Waals surface area contributed by atoms with E-state index in [1.165, 1.54) is 6.42 Å². The standard InChI is InChI=1S/C10H15ClN4/c1-12-10-8(11)6-14-9(15-10)4-7-2-3-13-5-7/h6-7,13H,2-5H2,1H3,(H,12,14,15)/t7-/m0/s1. The van der Waals surface area contributed by atoms with E-state index in [2.05, 4.69) is 20.6 Å². The summed E-state index contributed by atoms with van der Waals surface area (Å²) >= 11 is 5.91. The molecule has 0 bridgehead atoms. The summed E-state index contributed by atoms with van der Waals surface area (Å²) in [5.74, 6) is 2.25. The van der Waals surface area contributed by atoms with E-state index in [0.29, 0.717) is 16.8 Å². The van der Waals surface area contributed by atoms with E-state index in [1.807, 2.05) is 7.05 Å². The third-order valence-electron chi connectivity index (χ3n) is 2.66. The average Bonchev–Trinajstić information content (AvgIpc) is 2.73.